The third kappa shape index (κ3) is 3.03. The molecule has 1 amide bonds. The standard InChI is InChI=1S/C13H17ClN4O3S/c1-21-13(19)18-5-2-3-8(7-18)15-11-10-9(4-6-22(10)20)16-12(14)17-11/h8H,2-7H2,1H3,(H,15,16,17)/t8-,22-/m1/s1. The molecule has 2 aliphatic rings. The van der Waals surface area contributed by atoms with Gasteiger partial charge in [-0.05, 0) is 24.4 Å². The number of nitrogens with one attached hydrogen (secondary N) is 1. The molecule has 1 fully saturated rings. The molecule has 0 spiro atoms. The van der Waals surface area contributed by atoms with E-state index in [9.17, 15) is 9.00 Å². The van der Waals surface area contributed by atoms with Gasteiger partial charge in [-0.3, -0.25) is 4.21 Å². The average Bonchev–Trinajstić information content (AvgIpc) is 2.88. The van der Waals surface area contributed by atoms with E-state index < -0.39 is 10.8 Å². The number of ether oxygens (including phenoxy) is 1. The number of carbonyl (C=O) groups excluding carboxylic acids is 1. The van der Waals surface area contributed by atoms with E-state index in [-0.39, 0.29) is 17.4 Å². The van der Waals surface area contributed by atoms with Gasteiger partial charge < -0.3 is 15.0 Å². The van der Waals surface area contributed by atoms with Crippen LogP contribution in [0.3, 0.4) is 0 Å². The molecule has 120 valence electrons. The maximum atomic E-state index is 12.1. The summed E-state index contributed by atoms with van der Waals surface area (Å²) in [4.78, 5) is 22.3. The summed E-state index contributed by atoms with van der Waals surface area (Å²) in [6, 6.07) is 0.0283. The Morgan fingerprint density at radius 1 is 1.50 bits per heavy atom. The van der Waals surface area contributed by atoms with Crippen molar-refractivity contribution in [2.45, 2.75) is 30.2 Å². The first kappa shape index (κ1) is 15.5. The molecule has 3 heterocycles. The predicted octanol–water partition coefficient (Wildman–Crippen LogP) is 1.44. The average molecular weight is 345 g/mol. The number of carbonyl (C=O) groups is 1. The topological polar surface area (TPSA) is 84.4 Å². The first-order chi connectivity index (χ1) is 10.6. The lowest BCUT2D eigenvalue weighted by atomic mass is 10.1. The van der Waals surface area contributed by atoms with Gasteiger partial charge in [-0.1, -0.05) is 0 Å². The van der Waals surface area contributed by atoms with Gasteiger partial charge in [0, 0.05) is 31.3 Å². The summed E-state index contributed by atoms with van der Waals surface area (Å²) in [5, 5.41) is 3.44. The first-order valence-electron chi connectivity index (χ1n) is 7.12. The molecule has 0 bridgehead atoms. The molecule has 22 heavy (non-hydrogen) atoms. The molecule has 9 heteroatoms. The normalized spacial score (nSPS) is 24.0. The van der Waals surface area contributed by atoms with Crippen LogP contribution in [-0.4, -0.2) is 57.2 Å². The molecule has 1 saturated heterocycles. The van der Waals surface area contributed by atoms with Gasteiger partial charge in [0.25, 0.3) is 0 Å². The molecule has 2 atom stereocenters. The lowest BCUT2D eigenvalue weighted by molar-refractivity contribution is 0.113. The van der Waals surface area contributed by atoms with Crippen molar-refractivity contribution < 1.29 is 13.7 Å². The van der Waals surface area contributed by atoms with Gasteiger partial charge in [-0.25, -0.2) is 9.78 Å². The van der Waals surface area contributed by atoms with E-state index in [4.69, 9.17) is 16.3 Å². The number of piperidine rings is 1. The third-order valence-electron chi connectivity index (χ3n) is 3.86. The van der Waals surface area contributed by atoms with Gasteiger partial charge in [-0.2, -0.15) is 4.98 Å². The molecule has 0 unspecified atom stereocenters. The fourth-order valence-electron chi connectivity index (χ4n) is 2.85. The highest BCUT2D eigenvalue weighted by Crippen LogP contribution is 2.30. The Labute approximate surface area is 135 Å². The molecule has 0 aromatic carbocycles. The van der Waals surface area contributed by atoms with Crippen LogP contribution in [0.15, 0.2) is 4.90 Å². The van der Waals surface area contributed by atoms with E-state index in [1.807, 2.05) is 0 Å². The quantitative estimate of drug-likeness (QED) is 0.817. The minimum absolute atomic E-state index is 0.0283. The largest absolute Gasteiger partial charge is 0.453 e. The number of hydrogen-bond donors (Lipinski definition) is 1. The number of amides is 1. The summed E-state index contributed by atoms with van der Waals surface area (Å²) in [5.74, 6) is 1.08. The minimum Gasteiger partial charge on any atom is -0.453 e. The van der Waals surface area contributed by atoms with Crippen LogP contribution in [-0.2, 0) is 22.0 Å². The van der Waals surface area contributed by atoms with Crippen molar-refractivity contribution in [3.63, 3.8) is 0 Å². The van der Waals surface area contributed by atoms with Gasteiger partial charge in [0.1, 0.15) is 10.7 Å². The number of rotatable bonds is 2. The van der Waals surface area contributed by atoms with Crippen molar-refractivity contribution in [2.24, 2.45) is 0 Å². The monoisotopic (exact) mass is 344 g/mol. The van der Waals surface area contributed by atoms with Gasteiger partial charge >= 0.3 is 6.09 Å². The third-order valence-corrected chi connectivity index (χ3v) is 5.48. The van der Waals surface area contributed by atoms with Crippen LogP contribution in [0.1, 0.15) is 18.5 Å². The number of methoxy groups -OCH3 is 1. The zero-order valence-corrected chi connectivity index (χ0v) is 13.7. The lowest BCUT2D eigenvalue weighted by Gasteiger charge is -2.32. The van der Waals surface area contributed by atoms with E-state index in [0.717, 1.165) is 18.5 Å². The number of halogens is 1. The first-order valence-corrected chi connectivity index (χ1v) is 8.82. The zero-order chi connectivity index (χ0) is 15.7. The fourth-order valence-corrected chi connectivity index (χ4v) is 4.35. The molecule has 0 saturated carbocycles. The van der Waals surface area contributed by atoms with Crippen molar-refractivity contribution in [3.8, 4) is 0 Å². The summed E-state index contributed by atoms with van der Waals surface area (Å²) in [6.45, 7) is 1.20. The minimum atomic E-state index is -1.09. The fraction of sp³-hybridized carbons (Fsp3) is 0.615. The highest BCUT2D eigenvalue weighted by Gasteiger charge is 2.29. The zero-order valence-electron chi connectivity index (χ0n) is 12.2. The molecular weight excluding hydrogens is 328 g/mol. The van der Waals surface area contributed by atoms with Crippen molar-refractivity contribution >= 4 is 34.3 Å². The molecule has 0 radical (unpaired) electrons. The van der Waals surface area contributed by atoms with Crippen LogP contribution in [0.2, 0.25) is 5.28 Å². The molecule has 3 rings (SSSR count). The molecule has 1 aromatic rings. The summed E-state index contributed by atoms with van der Waals surface area (Å²) in [7, 11) is 0.282. The highest BCUT2D eigenvalue weighted by atomic mass is 35.5. The van der Waals surface area contributed by atoms with Crippen LogP contribution < -0.4 is 5.32 Å². The van der Waals surface area contributed by atoms with Crippen LogP contribution in [0.4, 0.5) is 10.6 Å². The molecule has 7 nitrogen and oxygen atoms in total. The second-order valence-electron chi connectivity index (χ2n) is 5.32. The van der Waals surface area contributed by atoms with Crippen LogP contribution in [0.25, 0.3) is 0 Å². The Hall–Kier alpha value is -1.41. The van der Waals surface area contributed by atoms with Crippen molar-refractivity contribution in [1.29, 1.82) is 0 Å². The second kappa shape index (κ2) is 6.37. The molecular formula is C13H17ClN4O3S. The van der Waals surface area contributed by atoms with Crippen molar-refractivity contribution in [3.05, 3.63) is 11.0 Å². The van der Waals surface area contributed by atoms with E-state index in [1.165, 1.54) is 7.11 Å². The van der Waals surface area contributed by atoms with E-state index in [1.54, 1.807) is 4.90 Å². The van der Waals surface area contributed by atoms with Crippen molar-refractivity contribution in [2.75, 3.05) is 31.3 Å². The molecule has 2 aliphatic heterocycles. The van der Waals surface area contributed by atoms with Gasteiger partial charge in [0.15, 0.2) is 0 Å². The Kier molecular flexibility index (Phi) is 4.49. The van der Waals surface area contributed by atoms with Gasteiger partial charge in [0.05, 0.1) is 23.6 Å². The Morgan fingerprint density at radius 3 is 3.09 bits per heavy atom. The van der Waals surface area contributed by atoms with E-state index in [0.29, 0.717) is 36.0 Å². The number of likely N-dealkylation sites (tertiary alicyclic amines) is 1. The van der Waals surface area contributed by atoms with Crippen LogP contribution in [0.5, 0.6) is 0 Å². The predicted molar refractivity (Wildman–Crippen MR) is 82.6 cm³/mol. The number of hydrogen-bond acceptors (Lipinski definition) is 6. The summed E-state index contributed by atoms with van der Waals surface area (Å²) in [5.41, 5.74) is 0.751. The smallest absolute Gasteiger partial charge is 0.409 e. The Morgan fingerprint density at radius 2 is 2.32 bits per heavy atom. The number of anilines is 1. The summed E-state index contributed by atoms with van der Waals surface area (Å²) >= 11 is 5.95. The number of nitrogens with zero attached hydrogens (tertiary/aromatic N) is 3. The SMILES string of the molecule is COC(=O)N1CCC[C@@H](Nc2nc(Cl)nc3c2[S@](=O)CC3)C1. The second-order valence-corrected chi connectivity index (χ2v) is 7.16. The van der Waals surface area contributed by atoms with Crippen LogP contribution in [0, 0.1) is 0 Å². The van der Waals surface area contributed by atoms with Gasteiger partial charge in [-0.15, -0.1) is 0 Å². The number of fused-ring (bicyclic) bond motifs is 1. The molecule has 1 N–H and O–H groups in total. The highest BCUT2D eigenvalue weighted by molar-refractivity contribution is 7.85. The lowest BCUT2D eigenvalue weighted by Crippen LogP contribution is -2.45. The van der Waals surface area contributed by atoms with Gasteiger partial charge in [0.2, 0.25) is 5.28 Å². The van der Waals surface area contributed by atoms with E-state index in [2.05, 4.69) is 15.3 Å². The molecule has 0 aliphatic carbocycles. The van der Waals surface area contributed by atoms with Crippen molar-refractivity contribution in [1.82, 2.24) is 14.9 Å². The summed E-state index contributed by atoms with van der Waals surface area (Å²) < 4.78 is 16.9. The van der Waals surface area contributed by atoms with E-state index >= 15 is 0 Å². The number of aryl methyl sites for hydroxylation is 1. The molecule has 1 aromatic heterocycles. The maximum absolute atomic E-state index is 12.1. The van der Waals surface area contributed by atoms with Crippen LogP contribution >= 0.6 is 11.6 Å². The Bertz CT molecular complexity index is 628. The Balaban J connectivity index is 1.79. The summed E-state index contributed by atoms with van der Waals surface area (Å²) in [6.07, 6.45) is 2.09. The maximum Gasteiger partial charge on any atom is 0.409 e. The number of aromatic nitrogens is 2.